The average Bonchev–Trinajstić information content (AvgIpc) is 3.04. The van der Waals surface area contributed by atoms with E-state index < -0.39 is 0 Å². The van der Waals surface area contributed by atoms with Crippen LogP contribution in [0.2, 0.25) is 0 Å². The van der Waals surface area contributed by atoms with E-state index in [2.05, 4.69) is 38.4 Å². The lowest BCUT2D eigenvalue weighted by molar-refractivity contribution is -0.121. The zero-order valence-corrected chi connectivity index (χ0v) is 14.5. The lowest BCUT2D eigenvalue weighted by Gasteiger charge is -2.09. The molecule has 0 aliphatic rings. The second kappa shape index (κ2) is 8.44. The van der Waals surface area contributed by atoms with Gasteiger partial charge in [-0.25, -0.2) is 4.98 Å². The van der Waals surface area contributed by atoms with Gasteiger partial charge in [0.2, 0.25) is 5.91 Å². The summed E-state index contributed by atoms with van der Waals surface area (Å²) in [6, 6.07) is 16.5. The van der Waals surface area contributed by atoms with E-state index in [1.54, 1.807) is 0 Å². The fraction of sp³-hybridized carbons (Fsp3) is 0.300. The molecule has 2 N–H and O–H groups in total. The van der Waals surface area contributed by atoms with Gasteiger partial charge in [-0.2, -0.15) is 0 Å². The molecule has 0 saturated heterocycles. The van der Waals surface area contributed by atoms with Crippen molar-refractivity contribution in [2.75, 3.05) is 13.6 Å². The first-order valence-electron chi connectivity index (χ1n) is 8.65. The normalized spacial score (nSPS) is 10.9. The summed E-state index contributed by atoms with van der Waals surface area (Å²) < 4.78 is 2.14. The van der Waals surface area contributed by atoms with Crippen molar-refractivity contribution in [3.8, 4) is 0 Å². The molecule has 0 saturated carbocycles. The van der Waals surface area contributed by atoms with Crippen LogP contribution in [0.5, 0.6) is 0 Å². The molecule has 0 atom stereocenters. The molecule has 3 aromatic rings. The Balaban J connectivity index is 1.61. The number of para-hydroxylation sites is 2. The van der Waals surface area contributed by atoms with E-state index in [0.29, 0.717) is 13.0 Å². The van der Waals surface area contributed by atoms with Gasteiger partial charge >= 0.3 is 0 Å². The van der Waals surface area contributed by atoms with Crippen LogP contribution in [0.3, 0.4) is 0 Å². The first-order chi connectivity index (χ1) is 12.3. The summed E-state index contributed by atoms with van der Waals surface area (Å²) >= 11 is 0. The van der Waals surface area contributed by atoms with Gasteiger partial charge in [-0.1, -0.05) is 36.4 Å². The molecule has 1 heterocycles. The van der Waals surface area contributed by atoms with Crippen molar-refractivity contribution in [3.05, 3.63) is 66.0 Å². The standard InChI is InChI=1S/C20H24N4O/c1-21-11-5-10-20(25)22-13-16-6-4-7-17(12-16)14-24-15-23-18-8-2-3-9-19(18)24/h2-4,6-9,12,15,21H,5,10-11,13-14H2,1H3,(H,22,25). The smallest absolute Gasteiger partial charge is 0.220 e. The van der Waals surface area contributed by atoms with Crippen molar-refractivity contribution in [3.63, 3.8) is 0 Å². The molecule has 1 aromatic heterocycles. The number of hydrogen-bond acceptors (Lipinski definition) is 3. The predicted octanol–water partition coefficient (Wildman–Crippen LogP) is 2.70. The van der Waals surface area contributed by atoms with Gasteiger partial charge in [0, 0.05) is 19.5 Å². The number of nitrogens with one attached hydrogen (secondary N) is 2. The molecule has 0 spiro atoms. The summed E-state index contributed by atoms with van der Waals surface area (Å²) in [4.78, 5) is 16.3. The molecule has 0 fully saturated rings. The van der Waals surface area contributed by atoms with Crippen molar-refractivity contribution in [2.45, 2.75) is 25.9 Å². The minimum absolute atomic E-state index is 0.0984. The van der Waals surface area contributed by atoms with Crippen LogP contribution in [0.15, 0.2) is 54.9 Å². The Kier molecular flexibility index (Phi) is 5.80. The predicted molar refractivity (Wildman–Crippen MR) is 100 cm³/mol. The zero-order chi connectivity index (χ0) is 17.5. The molecule has 0 aliphatic heterocycles. The molecule has 0 bridgehead atoms. The third kappa shape index (κ3) is 4.67. The first kappa shape index (κ1) is 17.2. The van der Waals surface area contributed by atoms with Crippen molar-refractivity contribution in [1.82, 2.24) is 20.2 Å². The van der Waals surface area contributed by atoms with Crippen LogP contribution in [0.4, 0.5) is 0 Å². The number of fused-ring (bicyclic) bond motifs is 1. The Labute approximate surface area is 148 Å². The van der Waals surface area contributed by atoms with E-state index in [9.17, 15) is 4.79 Å². The summed E-state index contributed by atoms with van der Waals surface area (Å²) in [5.74, 6) is 0.0984. The van der Waals surface area contributed by atoms with E-state index in [4.69, 9.17) is 0 Å². The van der Waals surface area contributed by atoms with Gasteiger partial charge in [-0.05, 0) is 43.3 Å². The number of carbonyl (C=O) groups excluding carboxylic acids is 1. The monoisotopic (exact) mass is 336 g/mol. The number of hydrogen-bond donors (Lipinski definition) is 2. The third-order valence-corrected chi connectivity index (χ3v) is 4.19. The number of nitrogens with zero attached hydrogens (tertiary/aromatic N) is 2. The van der Waals surface area contributed by atoms with Crippen LogP contribution >= 0.6 is 0 Å². The molecule has 0 aliphatic carbocycles. The number of aromatic nitrogens is 2. The van der Waals surface area contributed by atoms with Crippen molar-refractivity contribution in [1.29, 1.82) is 0 Å². The van der Waals surface area contributed by atoms with Gasteiger partial charge in [0.05, 0.1) is 17.4 Å². The average molecular weight is 336 g/mol. The molecule has 25 heavy (non-hydrogen) atoms. The summed E-state index contributed by atoms with van der Waals surface area (Å²) in [5, 5.41) is 6.04. The van der Waals surface area contributed by atoms with Crippen LogP contribution in [0.25, 0.3) is 11.0 Å². The highest BCUT2D eigenvalue weighted by Crippen LogP contribution is 2.15. The number of imidazole rings is 1. The topological polar surface area (TPSA) is 59.0 Å². The SMILES string of the molecule is CNCCCC(=O)NCc1cccc(Cn2cnc3ccccc32)c1. The van der Waals surface area contributed by atoms with E-state index in [1.165, 1.54) is 5.56 Å². The quantitative estimate of drug-likeness (QED) is 0.622. The molecule has 3 rings (SSSR count). The lowest BCUT2D eigenvalue weighted by Crippen LogP contribution is -2.23. The van der Waals surface area contributed by atoms with E-state index in [0.717, 1.165) is 36.1 Å². The molecular weight excluding hydrogens is 312 g/mol. The Morgan fingerprint density at radius 1 is 1.12 bits per heavy atom. The molecule has 0 radical (unpaired) electrons. The van der Waals surface area contributed by atoms with E-state index in [1.807, 2.05) is 43.7 Å². The van der Waals surface area contributed by atoms with Crippen LogP contribution in [0, 0.1) is 0 Å². The first-order valence-corrected chi connectivity index (χ1v) is 8.65. The second-order valence-corrected chi connectivity index (χ2v) is 6.16. The Morgan fingerprint density at radius 2 is 1.96 bits per heavy atom. The fourth-order valence-electron chi connectivity index (χ4n) is 2.89. The largest absolute Gasteiger partial charge is 0.352 e. The maximum Gasteiger partial charge on any atom is 0.220 e. The molecule has 0 unspecified atom stereocenters. The van der Waals surface area contributed by atoms with Crippen LogP contribution in [0.1, 0.15) is 24.0 Å². The maximum atomic E-state index is 11.8. The Bertz CT molecular complexity index is 840. The Hall–Kier alpha value is -2.66. The van der Waals surface area contributed by atoms with Crippen LogP contribution in [-0.4, -0.2) is 29.1 Å². The van der Waals surface area contributed by atoms with Gasteiger partial charge in [0.1, 0.15) is 0 Å². The molecular formula is C20H24N4O. The molecule has 5 nitrogen and oxygen atoms in total. The molecule has 2 aromatic carbocycles. The number of carbonyl (C=O) groups is 1. The maximum absolute atomic E-state index is 11.8. The highest BCUT2D eigenvalue weighted by molar-refractivity contribution is 5.76. The third-order valence-electron chi connectivity index (χ3n) is 4.19. The number of benzene rings is 2. The summed E-state index contributed by atoms with van der Waals surface area (Å²) in [7, 11) is 1.90. The highest BCUT2D eigenvalue weighted by Gasteiger charge is 2.04. The lowest BCUT2D eigenvalue weighted by atomic mass is 10.1. The van der Waals surface area contributed by atoms with Gasteiger partial charge in [-0.15, -0.1) is 0 Å². The minimum Gasteiger partial charge on any atom is -0.352 e. The van der Waals surface area contributed by atoms with Crippen LogP contribution < -0.4 is 10.6 Å². The molecule has 5 heteroatoms. The van der Waals surface area contributed by atoms with Gasteiger partial charge in [-0.3, -0.25) is 4.79 Å². The van der Waals surface area contributed by atoms with Crippen molar-refractivity contribution >= 4 is 16.9 Å². The molecule has 130 valence electrons. The van der Waals surface area contributed by atoms with Crippen molar-refractivity contribution < 1.29 is 4.79 Å². The van der Waals surface area contributed by atoms with Crippen molar-refractivity contribution in [2.24, 2.45) is 0 Å². The molecule has 1 amide bonds. The Morgan fingerprint density at radius 3 is 2.84 bits per heavy atom. The summed E-state index contributed by atoms with van der Waals surface area (Å²) in [6.07, 6.45) is 3.29. The fourth-order valence-corrected chi connectivity index (χ4v) is 2.89. The van der Waals surface area contributed by atoms with E-state index >= 15 is 0 Å². The number of rotatable bonds is 8. The minimum atomic E-state index is 0.0984. The summed E-state index contributed by atoms with van der Waals surface area (Å²) in [6.45, 7) is 2.20. The van der Waals surface area contributed by atoms with Gasteiger partial charge < -0.3 is 15.2 Å². The van der Waals surface area contributed by atoms with Gasteiger partial charge in [0.15, 0.2) is 0 Å². The second-order valence-electron chi connectivity index (χ2n) is 6.16. The highest BCUT2D eigenvalue weighted by atomic mass is 16.1. The summed E-state index contributed by atoms with van der Waals surface area (Å²) in [5.41, 5.74) is 4.45. The van der Waals surface area contributed by atoms with Gasteiger partial charge in [0.25, 0.3) is 0 Å². The van der Waals surface area contributed by atoms with Crippen LogP contribution in [-0.2, 0) is 17.9 Å². The zero-order valence-electron chi connectivity index (χ0n) is 14.5. The number of amides is 1. The van der Waals surface area contributed by atoms with E-state index in [-0.39, 0.29) is 5.91 Å².